The predicted octanol–water partition coefficient (Wildman–Crippen LogP) is 2.91. The van der Waals surface area contributed by atoms with Crippen LogP contribution in [0.3, 0.4) is 0 Å². The van der Waals surface area contributed by atoms with Crippen LogP contribution in [0.2, 0.25) is 5.15 Å². The van der Waals surface area contributed by atoms with Crippen molar-refractivity contribution in [2.45, 2.75) is 56.7 Å². The number of methoxy groups -OCH3 is 1. The highest BCUT2D eigenvalue weighted by Gasteiger charge is 2.28. The zero-order valence-corrected chi connectivity index (χ0v) is 24.2. The number of nitrogens with two attached hydrogens (primary N) is 1. The van der Waals surface area contributed by atoms with Crippen molar-refractivity contribution < 1.29 is 14.6 Å². The Morgan fingerprint density at radius 1 is 1.02 bits per heavy atom. The molecule has 218 valence electrons. The second-order valence-electron chi connectivity index (χ2n) is 11.1. The number of ether oxygens (including phenoxy) is 1. The van der Waals surface area contributed by atoms with Gasteiger partial charge >= 0.3 is 0 Å². The number of piperidine rings is 1. The Hall–Kier alpha value is -2.86. The van der Waals surface area contributed by atoms with Crippen LogP contribution in [0, 0.1) is 0 Å². The number of aliphatic hydroxyl groups excluding tert-OH is 1. The largest absolute Gasteiger partial charge is 0.495 e. The Bertz CT molecular complexity index is 1180. The fourth-order valence-electron chi connectivity index (χ4n) is 5.99. The van der Waals surface area contributed by atoms with Crippen molar-refractivity contribution in [3.8, 4) is 5.75 Å². The first-order valence-corrected chi connectivity index (χ1v) is 14.6. The number of halogens is 1. The van der Waals surface area contributed by atoms with Crippen LogP contribution in [0.25, 0.3) is 0 Å². The molecule has 1 aromatic carbocycles. The van der Waals surface area contributed by atoms with Gasteiger partial charge in [-0.1, -0.05) is 11.6 Å². The Kier molecular flexibility index (Phi) is 9.14. The summed E-state index contributed by atoms with van der Waals surface area (Å²) in [4.78, 5) is 28.5. The van der Waals surface area contributed by atoms with Crippen LogP contribution in [0.15, 0.2) is 18.2 Å². The lowest BCUT2D eigenvalue weighted by atomic mass is 9.93. The first-order valence-electron chi connectivity index (χ1n) is 14.2. The lowest BCUT2D eigenvalue weighted by Gasteiger charge is -2.42. The molecule has 3 fully saturated rings. The highest BCUT2D eigenvalue weighted by molar-refractivity contribution is 6.32. The molecule has 1 saturated carbocycles. The molecule has 0 radical (unpaired) electrons. The molecule has 11 nitrogen and oxygen atoms in total. The number of nitrogens with one attached hydrogen (secondary N) is 2. The molecule has 3 aliphatic rings. The number of carbonyl (C=O) groups excluding carboxylic acids is 1. The number of piperazine rings is 1. The highest BCUT2D eigenvalue weighted by Crippen LogP contribution is 2.35. The van der Waals surface area contributed by atoms with Gasteiger partial charge in [0, 0.05) is 57.0 Å². The average molecular weight is 573 g/mol. The number of hydrogen-bond acceptors (Lipinski definition) is 10. The van der Waals surface area contributed by atoms with Crippen LogP contribution in [0.4, 0.5) is 23.0 Å². The second-order valence-corrected chi connectivity index (χ2v) is 11.5. The summed E-state index contributed by atoms with van der Waals surface area (Å²) in [5, 5.41) is 16.5. The van der Waals surface area contributed by atoms with Crippen molar-refractivity contribution in [1.29, 1.82) is 0 Å². The molecule has 0 unspecified atom stereocenters. The van der Waals surface area contributed by atoms with Crippen molar-refractivity contribution in [2.75, 3.05) is 69.0 Å². The van der Waals surface area contributed by atoms with E-state index < -0.39 is 5.91 Å². The smallest absolute Gasteiger partial charge is 0.271 e. The minimum atomic E-state index is -0.719. The summed E-state index contributed by atoms with van der Waals surface area (Å²) in [5.41, 5.74) is 7.34. The van der Waals surface area contributed by atoms with Gasteiger partial charge in [-0.15, -0.1) is 0 Å². The molecular weight excluding hydrogens is 532 g/mol. The first kappa shape index (κ1) is 28.7. The zero-order valence-electron chi connectivity index (χ0n) is 23.4. The number of aromatic nitrogens is 2. The van der Waals surface area contributed by atoms with Gasteiger partial charge in [0.05, 0.1) is 18.9 Å². The third-order valence-corrected chi connectivity index (χ3v) is 8.69. The third kappa shape index (κ3) is 6.71. The van der Waals surface area contributed by atoms with E-state index in [1.165, 1.54) is 0 Å². The van der Waals surface area contributed by atoms with Crippen molar-refractivity contribution in [3.05, 3.63) is 29.0 Å². The number of rotatable bonds is 8. The molecule has 1 aliphatic carbocycles. The van der Waals surface area contributed by atoms with E-state index in [1.54, 1.807) is 7.11 Å². The van der Waals surface area contributed by atoms with Crippen LogP contribution >= 0.6 is 11.6 Å². The topological polar surface area (TPSA) is 132 Å². The predicted molar refractivity (Wildman–Crippen MR) is 158 cm³/mol. The number of likely N-dealkylation sites (N-methyl/N-ethyl adjacent to an activating group) is 1. The normalized spacial score (nSPS) is 23.1. The Balaban J connectivity index is 1.32. The van der Waals surface area contributed by atoms with Crippen LogP contribution < -0.4 is 26.0 Å². The molecule has 40 heavy (non-hydrogen) atoms. The van der Waals surface area contributed by atoms with Crippen LogP contribution in [0.5, 0.6) is 5.75 Å². The van der Waals surface area contributed by atoms with E-state index in [0.29, 0.717) is 24.7 Å². The van der Waals surface area contributed by atoms with Crippen LogP contribution in [-0.2, 0) is 0 Å². The Morgan fingerprint density at radius 3 is 2.38 bits per heavy atom. The lowest BCUT2D eigenvalue weighted by molar-refractivity contribution is 0.0981. The SMILES string of the molecule is COc1ccc(Nc2nc(N[C@H]3CC[C@H](O)CC3)c(Cl)nc2C(N)=O)cc1N1CCC(N2CCN(C)CC2)CC1. The van der Waals surface area contributed by atoms with E-state index in [2.05, 4.69) is 42.3 Å². The summed E-state index contributed by atoms with van der Waals surface area (Å²) in [6.45, 7) is 6.40. The van der Waals surface area contributed by atoms with Crippen molar-refractivity contribution in [1.82, 2.24) is 19.8 Å². The summed E-state index contributed by atoms with van der Waals surface area (Å²) in [6, 6.07) is 6.55. The van der Waals surface area contributed by atoms with E-state index >= 15 is 0 Å². The number of aliphatic hydroxyl groups is 1. The van der Waals surface area contributed by atoms with Gasteiger partial charge in [-0.3, -0.25) is 9.69 Å². The van der Waals surface area contributed by atoms with Gasteiger partial charge in [-0.2, -0.15) is 0 Å². The Morgan fingerprint density at radius 2 is 1.73 bits per heavy atom. The summed E-state index contributed by atoms with van der Waals surface area (Å²) in [7, 11) is 3.87. The summed E-state index contributed by atoms with van der Waals surface area (Å²) in [6.07, 6.45) is 4.97. The second kappa shape index (κ2) is 12.8. The van der Waals surface area contributed by atoms with E-state index in [1.807, 2.05) is 18.2 Å². The van der Waals surface area contributed by atoms with Crippen LogP contribution in [0.1, 0.15) is 49.0 Å². The lowest BCUT2D eigenvalue weighted by Crippen LogP contribution is -2.52. The summed E-state index contributed by atoms with van der Waals surface area (Å²) >= 11 is 6.39. The van der Waals surface area contributed by atoms with Gasteiger partial charge in [0.1, 0.15) is 5.75 Å². The number of benzene rings is 1. The number of carbonyl (C=O) groups is 1. The quantitative estimate of drug-likeness (QED) is 0.374. The van der Waals surface area contributed by atoms with E-state index in [9.17, 15) is 9.90 Å². The maximum absolute atomic E-state index is 12.2. The summed E-state index contributed by atoms with van der Waals surface area (Å²) < 4.78 is 5.71. The number of amides is 1. The molecule has 5 N–H and O–H groups in total. The number of primary amides is 1. The summed E-state index contributed by atoms with van der Waals surface area (Å²) in [5.74, 6) is 0.696. The van der Waals surface area contributed by atoms with Crippen molar-refractivity contribution >= 4 is 40.5 Å². The monoisotopic (exact) mass is 572 g/mol. The molecule has 3 heterocycles. The zero-order chi connectivity index (χ0) is 28.2. The van der Waals surface area contributed by atoms with Gasteiger partial charge < -0.3 is 36.0 Å². The maximum Gasteiger partial charge on any atom is 0.271 e. The molecule has 2 aliphatic heterocycles. The van der Waals surface area contributed by atoms with E-state index in [-0.39, 0.29) is 28.8 Å². The molecule has 5 rings (SSSR count). The van der Waals surface area contributed by atoms with Gasteiger partial charge in [-0.25, -0.2) is 9.97 Å². The standard InChI is InChI=1S/C28H41ClN8O3/c1-35-13-15-36(16-14-35)20-9-11-37(12-10-20)22-17-19(5-8-23(22)40-2)32-27-24(26(30)39)33-25(29)28(34-27)31-18-3-6-21(38)7-4-18/h5,8,17-18,20-21,38H,3-4,6-7,9-16H2,1-2H3,(H2,30,39)(H2,31,32,34)/t18-,21-. The van der Waals surface area contributed by atoms with Gasteiger partial charge in [-0.05, 0) is 63.8 Å². The van der Waals surface area contributed by atoms with Crippen molar-refractivity contribution in [2.24, 2.45) is 5.73 Å². The van der Waals surface area contributed by atoms with E-state index in [0.717, 1.165) is 82.1 Å². The average Bonchev–Trinajstić information content (AvgIpc) is 2.96. The fourth-order valence-corrected chi connectivity index (χ4v) is 6.17. The fraction of sp³-hybridized carbons (Fsp3) is 0.607. The van der Waals surface area contributed by atoms with E-state index in [4.69, 9.17) is 22.1 Å². The third-order valence-electron chi connectivity index (χ3n) is 8.43. The van der Waals surface area contributed by atoms with Crippen LogP contribution in [-0.4, -0.2) is 102 Å². The maximum atomic E-state index is 12.2. The molecule has 1 aromatic heterocycles. The molecule has 2 saturated heterocycles. The molecular formula is C28H41ClN8O3. The molecule has 0 bridgehead atoms. The molecule has 1 amide bonds. The Labute approximate surface area is 241 Å². The molecule has 12 heteroatoms. The molecule has 0 spiro atoms. The number of nitrogens with zero attached hydrogens (tertiary/aromatic N) is 5. The highest BCUT2D eigenvalue weighted by atomic mass is 35.5. The minimum absolute atomic E-state index is 0.0278. The first-order chi connectivity index (χ1) is 19.3. The van der Waals surface area contributed by atoms with Gasteiger partial charge in [0.25, 0.3) is 5.91 Å². The number of hydrogen-bond donors (Lipinski definition) is 4. The molecule has 2 aromatic rings. The minimum Gasteiger partial charge on any atom is -0.495 e. The van der Waals surface area contributed by atoms with Crippen molar-refractivity contribution in [3.63, 3.8) is 0 Å². The molecule has 0 atom stereocenters. The van der Waals surface area contributed by atoms with Gasteiger partial charge in [0.2, 0.25) is 0 Å². The van der Waals surface area contributed by atoms with Gasteiger partial charge in [0.15, 0.2) is 22.5 Å². The number of anilines is 4.